The molecule has 1 N–H and O–H groups in total. The van der Waals surface area contributed by atoms with Crippen molar-refractivity contribution in [3.05, 3.63) is 53.7 Å². The molecule has 2 aromatic rings. The number of nitrogens with zero attached hydrogens (tertiary/aromatic N) is 1. The monoisotopic (exact) mass is 254 g/mol. The third-order valence-corrected chi connectivity index (χ3v) is 3.14. The molecule has 0 atom stereocenters. The number of ether oxygens (including phenoxy) is 1. The molecule has 1 aliphatic carbocycles. The predicted molar refractivity (Wildman–Crippen MR) is 75.4 cm³/mol. The molecule has 0 saturated heterocycles. The normalized spacial score (nSPS) is 14.4. The fraction of sp³-hybridized carbons (Fsp3) is 0.312. The van der Waals surface area contributed by atoms with Gasteiger partial charge in [-0.1, -0.05) is 18.2 Å². The van der Waals surface area contributed by atoms with Gasteiger partial charge in [0.1, 0.15) is 5.75 Å². The van der Waals surface area contributed by atoms with Crippen LogP contribution < -0.4 is 10.1 Å². The van der Waals surface area contributed by atoms with Gasteiger partial charge in [0, 0.05) is 18.7 Å². The number of hydrogen-bond acceptors (Lipinski definition) is 3. The molecule has 19 heavy (non-hydrogen) atoms. The molecule has 1 aromatic carbocycles. The van der Waals surface area contributed by atoms with Crippen molar-refractivity contribution in [3.63, 3.8) is 0 Å². The van der Waals surface area contributed by atoms with Gasteiger partial charge in [0.15, 0.2) is 0 Å². The minimum absolute atomic E-state index is 0.653. The van der Waals surface area contributed by atoms with Gasteiger partial charge in [-0.05, 0) is 43.5 Å². The minimum atomic E-state index is 0.653. The third-order valence-electron chi connectivity index (χ3n) is 3.14. The molecule has 3 nitrogen and oxygen atoms in total. The topological polar surface area (TPSA) is 34.1 Å². The van der Waals surface area contributed by atoms with Crippen molar-refractivity contribution in [2.75, 3.05) is 0 Å². The highest BCUT2D eigenvalue weighted by Gasteiger charge is 2.20. The summed E-state index contributed by atoms with van der Waals surface area (Å²) >= 11 is 0. The average Bonchev–Trinajstić information content (AvgIpc) is 3.21. The summed E-state index contributed by atoms with van der Waals surface area (Å²) in [6, 6.07) is 14.6. The SMILES string of the molecule is Cc1cccc(Oc2cccc(CNC3CC3)n2)c1. The smallest absolute Gasteiger partial charge is 0.219 e. The zero-order valence-electron chi connectivity index (χ0n) is 11.1. The Labute approximate surface area is 113 Å². The molecule has 1 saturated carbocycles. The molecular formula is C16H18N2O. The summed E-state index contributed by atoms with van der Waals surface area (Å²) in [4.78, 5) is 4.51. The van der Waals surface area contributed by atoms with Gasteiger partial charge < -0.3 is 10.1 Å². The molecule has 1 fully saturated rings. The fourth-order valence-corrected chi connectivity index (χ4v) is 1.95. The average molecular weight is 254 g/mol. The highest BCUT2D eigenvalue weighted by Crippen LogP contribution is 2.21. The molecule has 0 unspecified atom stereocenters. The van der Waals surface area contributed by atoms with Crippen LogP contribution in [0.25, 0.3) is 0 Å². The van der Waals surface area contributed by atoms with Crippen molar-refractivity contribution >= 4 is 0 Å². The molecule has 1 heterocycles. The Balaban J connectivity index is 1.67. The highest BCUT2D eigenvalue weighted by molar-refractivity contribution is 5.31. The van der Waals surface area contributed by atoms with E-state index in [1.54, 1.807) is 0 Å². The molecular weight excluding hydrogens is 236 g/mol. The molecule has 1 aliphatic rings. The molecule has 1 aromatic heterocycles. The number of benzene rings is 1. The van der Waals surface area contributed by atoms with Crippen molar-refractivity contribution in [2.24, 2.45) is 0 Å². The highest BCUT2D eigenvalue weighted by atomic mass is 16.5. The Bertz CT molecular complexity index is 564. The third kappa shape index (κ3) is 3.55. The maximum Gasteiger partial charge on any atom is 0.219 e. The van der Waals surface area contributed by atoms with E-state index in [0.717, 1.165) is 18.0 Å². The van der Waals surface area contributed by atoms with E-state index < -0.39 is 0 Å². The number of hydrogen-bond donors (Lipinski definition) is 1. The van der Waals surface area contributed by atoms with Gasteiger partial charge >= 0.3 is 0 Å². The quantitative estimate of drug-likeness (QED) is 0.887. The van der Waals surface area contributed by atoms with Gasteiger partial charge in [-0.25, -0.2) is 4.98 Å². The molecule has 0 bridgehead atoms. The van der Waals surface area contributed by atoms with Gasteiger partial charge in [0.25, 0.3) is 0 Å². The molecule has 0 amide bonds. The Morgan fingerprint density at radius 2 is 2.05 bits per heavy atom. The molecule has 0 radical (unpaired) electrons. The van der Waals surface area contributed by atoms with E-state index in [1.165, 1.54) is 18.4 Å². The second kappa shape index (κ2) is 5.41. The van der Waals surface area contributed by atoms with Crippen molar-refractivity contribution in [1.82, 2.24) is 10.3 Å². The van der Waals surface area contributed by atoms with E-state index in [4.69, 9.17) is 4.74 Å². The van der Waals surface area contributed by atoms with Gasteiger partial charge in [0.05, 0.1) is 5.69 Å². The van der Waals surface area contributed by atoms with E-state index in [0.29, 0.717) is 11.9 Å². The van der Waals surface area contributed by atoms with E-state index in [-0.39, 0.29) is 0 Å². The molecule has 0 aliphatic heterocycles. The van der Waals surface area contributed by atoms with Gasteiger partial charge in [-0.15, -0.1) is 0 Å². The van der Waals surface area contributed by atoms with Gasteiger partial charge in [0.2, 0.25) is 5.88 Å². The Kier molecular flexibility index (Phi) is 3.47. The second-order valence-electron chi connectivity index (χ2n) is 5.04. The lowest BCUT2D eigenvalue weighted by Crippen LogP contribution is -2.16. The zero-order valence-corrected chi connectivity index (χ0v) is 11.1. The van der Waals surface area contributed by atoms with Crippen LogP contribution in [-0.2, 0) is 6.54 Å². The first-order valence-corrected chi connectivity index (χ1v) is 6.73. The molecule has 98 valence electrons. The van der Waals surface area contributed by atoms with Crippen molar-refractivity contribution < 1.29 is 4.74 Å². The first kappa shape index (κ1) is 12.2. The van der Waals surface area contributed by atoms with E-state index in [1.807, 2.05) is 36.4 Å². The largest absolute Gasteiger partial charge is 0.439 e. The van der Waals surface area contributed by atoms with Crippen molar-refractivity contribution in [1.29, 1.82) is 0 Å². The van der Waals surface area contributed by atoms with Crippen LogP contribution in [0.4, 0.5) is 0 Å². The molecule has 3 heteroatoms. The minimum Gasteiger partial charge on any atom is -0.439 e. The summed E-state index contributed by atoms with van der Waals surface area (Å²) in [6.07, 6.45) is 2.58. The van der Waals surface area contributed by atoms with Crippen LogP contribution >= 0.6 is 0 Å². The number of nitrogens with one attached hydrogen (secondary N) is 1. The van der Waals surface area contributed by atoms with Crippen LogP contribution in [0.3, 0.4) is 0 Å². The zero-order chi connectivity index (χ0) is 13.1. The lowest BCUT2D eigenvalue weighted by atomic mass is 10.2. The van der Waals surface area contributed by atoms with E-state index >= 15 is 0 Å². The lowest BCUT2D eigenvalue weighted by molar-refractivity contribution is 0.459. The summed E-state index contributed by atoms with van der Waals surface area (Å²) in [7, 11) is 0. The summed E-state index contributed by atoms with van der Waals surface area (Å²) in [6.45, 7) is 2.87. The second-order valence-corrected chi connectivity index (χ2v) is 5.04. The Morgan fingerprint density at radius 3 is 2.84 bits per heavy atom. The Morgan fingerprint density at radius 1 is 1.21 bits per heavy atom. The number of aryl methyl sites for hydroxylation is 1. The lowest BCUT2D eigenvalue weighted by Gasteiger charge is -2.07. The summed E-state index contributed by atoms with van der Waals surface area (Å²) in [5.74, 6) is 1.49. The Hall–Kier alpha value is -1.87. The van der Waals surface area contributed by atoms with E-state index in [9.17, 15) is 0 Å². The molecule has 0 spiro atoms. The predicted octanol–water partition coefficient (Wildman–Crippen LogP) is 3.43. The first-order chi connectivity index (χ1) is 9.29. The number of rotatable bonds is 5. The number of aromatic nitrogens is 1. The van der Waals surface area contributed by atoms with Crippen molar-refractivity contribution in [2.45, 2.75) is 32.4 Å². The van der Waals surface area contributed by atoms with Gasteiger partial charge in [-0.3, -0.25) is 0 Å². The summed E-state index contributed by atoms with van der Waals surface area (Å²) in [5, 5.41) is 3.46. The standard InChI is InChI=1S/C16H18N2O/c1-12-4-2-6-15(10-12)19-16-7-3-5-14(18-16)11-17-13-8-9-13/h2-7,10,13,17H,8-9,11H2,1H3. The van der Waals surface area contributed by atoms with Crippen LogP contribution in [0.1, 0.15) is 24.1 Å². The van der Waals surface area contributed by atoms with Crippen molar-refractivity contribution in [3.8, 4) is 11.6 Å². The maximum atomic E-state index is 5.78. The van der Waals surface area contributed by atoms with E-state index in [2.05, 4.69) is 23.3 Å². The van der Waals surface area contributed by atoms with Gasteiger partial charge in [-0.2, -0.15) is 0 Å². The summed E-state index contributed by atoms with van der Waals surface area (Å²) in [5.41, 5.74) is 2.21. The number of pyridine rings is 1. The van der Waals surface area contributed by atoms with Crippen LogP contribution in [-0.4, -0.2) is 11.0 Å². The summed E-state index contributed by atoms with van der Waals surface area (Å²) < 4.78 is 5.78. The van der Waals surface area contributed by atoms with Crippen LogP contribution in [0.15, 0.2) is 42.5 Å². The fourth-order valence-electron chi connectivity index (χ4n) is 1.95. The van der Waals surface area contributed by atoms with Crippen LogP contribution in [0.5, 0.6) is 11.6 Å². The molecule has 3 rings (SSSR count). The maximum absolute atomic E-state index is 5.78. The van der Waals surface area contributed by atoms with Crippen LogP contribution in [0, 0.1) is 6.92 Å². The first-order valence-electron chi connectivity index (χ1n) is 6.73. The van der Waals surface area contributed by atoms with Crippen LogP contribution in [0.2, 0.25) is 0 Å².